The number of anilines is 1. The summed E-state index contributed by atoms with van der Waals surface area (Å²) in [5.74, 6) is -0.0198. The Kier molecular flexibility index (Phi) is 6.89. The Hall–Kier alpha value is -3.01. The van der Waals surface area contributed by atoms with Gasteiger partial charge in [-0.05, 0) is 57.9 Å². The van der Waals surface area contributed by atoms with Gasteiger partial charge in [0.1, 0.15) is 17.8 Å². The van der Waals surface area contributed by atoms with Crippen LogP contribution in [-0.4, -0.2) is 67.1 Å². The molecule has 10 nitrogen and oxygen atoms in total. The van der Waals surface area contributed by atoms with Gasteiger partial charge in [-0.15, -0.1) is 0 Å². The fourth-order valence-electron chi connectivity index (χ4n) is 3.59. The van der Waals surface area contributed by atoms with Crippen molar-refractivity contribution in [3.8, 4) is 0 Å². The maximum atomic E-state index is 12.3. The molecule has 31 heavy (non-hydrogen) atoms. The summed E-state index contributed by atoms with van der Waals surface area (Å²) in [6.07, 6.45) is 0.0525. The van der Waals surface area contributed by atoms with Crippen LogP contribution < -0.4 is 16.4 Å². The summed E-state index contributed by atoms with van der Waals surface area (Å²) in [5, 5.41) is 0. The molecule has 3 rings (SSSR count). The standard InChI is InChI=1S/C21H31N5O5/c1-21(2,3)31-20(28)30-16-8-10-25(11-9-16)12-17-13-26(19(27)29-17)15-6-4-14(5-7-15)24-18(22)23/h4-7,16-17H,8-13H2,1-3H3,(H4,22,23,24). The summed E-state index contributed by atoms with van der Waals surface area (Å²) in [5.41, 5.74) is 11.5. The summed E-state index contributed by atoms with van der Waals surface area (Å²) in [7, 11) is 0. The van der Waals surface area contributed by atoms with Gasteiger partial charge in [0, 0.05) is 25.3 Å². The number of guanidine groups is 1. The minimum absolute atomic E-state index is 0.0198. The monoisotopic (exact) mass is 433 g/mol. The molecule has 1 aromatic rings. The van der Waals surface area contributed by atoms with Gasteiger partial charge in [0.05, 0.1) is 12.2 Å². The Labute approximate surface area is 182 Å². The first-order valence-corrected chi connectivity index (χ1v) is 10.4. The molecule has 0 aromatic heterocycles. The molecule has 170 valence electrons. The fraction of sp³-hybridized carbons (Fsp3) is 0.571. The lowest BCUT2D eigenvalue weighted by Crippen LogP contribution is -2.42. The molecule has 2 aliphatic rings. The first-order valence-electron chi connectivity index (χ1n) is 10.4. The van der Waals surface area contributed by atoms with Gasteiger partial charge in [-0.3, -0.25) is 9.80 Å². The third-order valence-electron chi connectivity index (χ3n) is 4.94. The van der Waals surface area contributed by atoms with E-state index in [1.54, 1.807) is 49.9 Å². The minimum atomic E-state index is -0.628. The number of piperidine rings is 1. The fourth-order valence-corrected chi connectivity index (χ4v) is 3.59. The Morgan fingerprint density at radius 3 is 2.42 bits per heavy atom. The zero-order valence-electron chi connectivity index (χ0n) is 18.2. The van der Waals surface area contributed by atoms with E-state index in [4.69, 9.17) is 25.7 Å². The molecule has 4 N–H and O–H groups in total. The first-order chi connectivity index (χ1) is 14.6. The Morgan fingerprint density at radius 1 is 1.19 bits per heavy atom. The van der Waals surface area contributed by atoms with Crippen LogP contribution in [0, 0.1) is 0 Å². The average molecular weight is 434 g/mol. The molecule has 2 fully saturated rings. The zero-order valence-corrected chi connectivity index (χ0v) is 18.2. The molecule has 0 saturated carbocycles. The van der Waals surface area contributed by atoms with Crippen LogP contribution in [0.2, 0.25) is 0 Å². The van der Waals surface area contributed by atoms with E-state index in [1.807, 2.05) is 0 Å². The second-order valence-electron chi connectivity index (χ2n) is 8.75. The highest BCUT2D eigenvalue weighted by atomic mass is 16.7. The molecule has 1 unspecified atom stereocenters. The van der Waals surface area contributed by atoms with E-state index in [9.17, 15) is 9.59 Å². The predicted octanol–water partition coefficient (Wildman–Crippen LogP) is 2.33. The van der Waals surface area contributed by atoms with Crippen LogP contribution >= 0.6 is 0 Å². The Balaban J connectivity index is 1.45. The molecule has 2 aliphatic heterocycles. The van der Waals surface area contributed by atoms with Crippen LogP contribution in [0.15, 0.2) is 29.3 Å². The third kappa shape index (κ3) is 6.74. The molecule has 1 amide bonds. The van der Waals surface area contributed by atoms with Crippen LogP contribution in [0.25, 0.3) is 0 Å². The number of hydrogen-bond acceptors (Lipinski definition) is 7. The maximum Gasteiger partial charge on any atom is 0.509 e. The molecule has 1 aromatic carbocycles. The highest BCUT2D eigenvalue weighted by molar-refractivity contribution is 5.90. The number of ether oxygens (including phenoxy) is 3. The second kappa shape index (κ2) is 9.42. The predicted molar refractivity (Wildman–Crippen MR) is 116 cm³/mol. The van der Waals surface area contributed by atoms with E-state index in [0.717, 1.165) is 31.6 Å². The van der Waals surface area contributed by atoms with Crippen molar-refractivity contribution in [2.45, 2.75) is 51.4 Å². The van der Waals surface area contributed by atoms with E-state index < -0.39 is 11.8 Å². The SMILES string of the molecule is CC(C)(C)OC(=O)OC1CCN(CC2CN(c3ccc(N=C(N)N)cc3)C(=O)O2)CC1. The molecule has 0 aliphatic carbocycles. The lowest BCUT2D eigenvalue weighted by molar-refractivity contribution is -0.0410. The lowest BCUT2D eigenvalue weighted by Gasteiger charge is -2.32. The molecular weight excluding hydrogens is 402 g/mol. The van der Waals surface area contributed by atoms with Gasteiger partial charge in [0.15, 0.2) is 5.96 Å². The second-order valence-corrected chi connectivity index (χ2v) is 8.75. The number of likely N-dealkylation sites (tertiary alicyclic amines) is 1. The van der Waals surface area contributed by atoms with Crippen LogP contribution in [-0.2, 0) is 14.2 Å². The Morgan fingerprint density at radius 2 is 1.84 bits per heavy atom. The number of benzene rings is 1. The van der Waals surface area contributed by atoms with Crippen molar-refractivity contribution in [1.82, 2.24) is 4.90 Å². The number of aliphatic imine (C=N–C) groups is 1. The van der Waals surface area contributed by atoms with Crippen molar-refractivity contribution in [3.05, 3.63) is 24.3 Å². The molecule has 0 bridgehead atoms. The molecule has 2 saturated heterocycles. The van der Waals surface area contributed by atoms with Gasteiger partial charge < -0.3 is 25.7 Å². The van der Waals surface area contributed by atoms with Crippen molar-refractivity contribution in [3.63, 3.8) is 0 Å². The number of hydrogen-bond donors (Lipinski definition) is 2. The van der Waals surface area contributed by atoms with Crippen molar-refractivity contribution in [2.24, 2.45) is 16.5 Å². The van der Waals surface area contributed by atoms with Gasteiger partial charge in [0.2, 0.25) is 0 Å². The van der Waals surface area contributed by atoms with Crippen LogP contribution in [0.5, 0.6) is 0 Å². The summed E-state index contributed by atoms with van der Waals surface area (Å²) >= 11 is 0. The number of nitrogens with zero attached hydrogens (tertiary/aromatic N) is 3. The van der Waals surface area contributed by atoms with Crippen molar-refractivity contribution in [2.75, 3.05) is 31.1 Å². The van der Waals surface area contributed by atoms with E-state index in [2.05, 4.69) is 9.89 Å². The lowest BCUT2D eigenvalue weighted by atomic mass is 10.1. The van der Waals surface area contributed by atoms with Crippen LogP contribution in [0.1, 0.15) is 33.6 Å². The number of cyclic esters (lactones) is 1. The van der Waals surface area contributed by atoms with Gasteiger partial charge >= 0.3 is 12.2 Å². The smallest absolute Gasteiger partial charge is 0.443 e. The summed E-state index contributed by atoms with van der Waals surface area (Å²) in [6.45, 7) is 8.04. The number of carbonyl (C=O) groups excluding carboxylic acids is 2. The Bertz CT molecular complexity index is 808. The maximum absolute atomic E-state index is 12.3. The quantitative estimate of drug-likeness (QED) is 0.411. The minimum Gasteiger partial charge on any atom is -0.443 e. The molecular formula is C21H31N5O5. The van der Waals surface area contributed by atoms with Gasteiger partial charge in [-0.25, -0.2) is 14.6 Å². The summed E-state index contributed by atoms with van der Waals surface area (Å²) < 4.78 is 16.2. The van der Waals surface area contributed by atoms with Crippen LogP contribution in [0.4, 0.5) is 21.0 Å². The topological polar surface area (TPSA) is 133 Å². The van der Waals surface area contributed by atoms with Gasteiger partial charge in [-0.2, -0.15) is 0 Å². The normalized spacial score (nSPS) is 20.3. The van der Waals surface area contributed by atoms with E-state index >= 15 is 0 Å². The summed E-state index contributed by atoms with van der Waals surface area (Å²) in [6, 6.07) is 7.05. The molecule has 1 atom stereocenters. The molecule has 0 radical (unpaired) electrons. The zero-order chi connectivity index (χ0) is 22.6. The van der Waals surface area contributed by atoms with Crippen molar-refractivity contribution >= 4 is 29.6 Å². The van der Waals surface area contributed by atoms with Gasteiger partial charge in [0.25, 0.3) is 0 Å². The van der Waals surface area contributed by atoms with E-state index in [-0.39, 0.29) is 24.3 Å². The van der Waals surface area contributed by atoms with E-state index in [0.29, 0.717) is 18.8 Å². The highest BCUT2D eigenvalue weighted by Gasteiger charge is 2.34. The van der Waals surface area contributed by atoms with Crippen LogP contribution in [0.3, 0.4) is 0 Å². The average Bonchev–Trinajstić information content (AvgIpc) is 3.02. The number of nitrogens with two attached hydrogens (primary N) is 2. The van der Waals surface area contributed by atoms with Gasteiger partial charge in [-0.1, -0.05) is 0 Å². The molecule has 10 heteroatoms. The first kappa shape index (κ1) is 22.7. The number of carbonyl (C=O) groups is 2. The third-order valence-corrected chi connectivity index (χ3v) is 4.94. The van der Waals surface area contributed by atoms with Crippen molar-refractivity contribution < 1.29 is 23.8 Å². The largest absolute Gasteiger partial charge is 0.509 e. The number of amides is 1. The highest BCUT2D eigenvalue weighted by Crippen LogP contribution is 2.25. The summed E-state index contributed by atoms with van der Waals surface area (Å²) in [4.78, 5) is 31.9. The van der Waals surface area contributed by atoms with E-state index in [1.165, 1.54) is 0 Å². The molecule has 2 heterocycles. The molecule has 0 spiro atoms. The number of rotatable bonds is 5. The van der Waals surface area contributed by atoms with Crippen molar-refractivity contribution in [1.29, 1.82) is 0 Å².